The maximum Gasteiger partial charge on any atom is 0.148 e. The van der Waals surface area contributed by atoms with Gasteiger partial charge in [0.05, 0.1) is 27.6 Å². The molecule has 5 nitrogen and oxygen atoms in total. The number of rotatable bonds is 6. The quantitative estimate of drug-likeness (QED) is 0.169. The summed E-state index contributed by atoms with van der Waals surface area (Å²) in [5.41, 5.74) is 16.6. The minimum atomic E-state index is -0.318. The van der Waals surface area contributed by atoms with E-state index in [2.05, 4.69) is 250 Å². The van der Waals surface area contributed by atoms with Gasteiger partial charge in [-0.1, -0.05) is 179 Å². The second-order valence-corrected chi connectivity index (χ2v) is 22.9. The summed E-state index contributed by atoms with van der Waals surface area (Å²) in [6.07, 6.45) is 1.91. The van der Waals surface area contributed by atoms with Crippen molar-refractivity contribution in [3.8, 4) is 62.0 Å². The van der Waals surface area contributed by atoms with Crippen molar-refractivity contribution in [2.45, 2.75) is 105 Å². The predicted molar refractivity (Wildman–Crippen MR) is 290 cm³/mol. The first-order chi connectivity index (χ1) is 32.7. The number of hydrogen-bond acceptors (Lipinski definition) is 3. The van der Waals surface area contributed by atoms with Crippen molar-refractivity contribution in [3.63, 3.8) is 0 Å². The maximum absolute atomic E-state index is 12.5. The molecule has 356 valence electrons. The standard InChI is InChI=1S/C64H63N4O.Pt/c1-61(2,3)43-35-44(62(4,5)6)37-47(36-43)68-56-30-20-26-48(57(56)66-60(68)52-38-45(63(7,8)9)39-53(59(52)69)64(10,11)12)40-21-18-22-42(33-40)54-34-41(31-32-65-54)49-27-19-28-51-50-25-16-17-29-55(50)67(58(49)51)46-23-14-13-15-24-46;/h13-32,34-39,69H,1-12H3;/q-1;. The SMILES string of the molecule is CC(C)(C)c1cc(-n2c(-c3cc(C(C)(C)C)cc(C(C)(C)C)c3O)nc3c(-c4[c-]c(-c5cc(-c6cccc7c8ccccc8n(-c8ccccc8)c67)ccn5)ccc4)cccc32)cc(C(C)(C)C)c1.[Pt]. The van der Waals surface area contributed by atoms with Crippen molar-refractivity contribution in [2.75, 3.05) is 0 Å². The van der Waals surface area contributed by atoms with Crippen LogP contribution in [-0.2, 0) is 42.7 Å². The van der Waals surface area contributed by atoms with E-state index in [0.717, 1.165) is 72.6 Å². The zero-order valence-electron chi connectivity index (χ0n) is 42.6. The molecule has 0 atom stereocenters. The molecule has 6 heteroatoms. The molecule has 0 unspecified atom stereocenters. The summed E-state index contributed by atoms with van der Waals surface area (Å²) in [4.78, 5) is 10.6. The Balaban J connectivity index is 0.00000608. The molecule has 0 radical (unpaired) electrons. The number of imidazole rings is 1. The zero-order chi connectivity index (χ0) is 48.8. The van der Waals surface area contributed by atoms with Gasteiger partial charge in [0.1, 0.15) is 11.6 Å². The number of nitrogens with zero attached hydrogens (tertiary/aromatic N) is 4. The second-order valence-electron chi connectivity index (χ2n) is 22.9. The molecular weight excluding hydrogens is 1040 g/mol. The van der Waals surface area contributed by atoms with Gasteiger partial charge in [0.15, 0.2) is 0 Å². The maximum atomic E-state index is 12.5. The predicted octanol–water partition coefficient (Wildman–Crippen LogP) is 16.9. The van der Waals surface area contributed by atoms with Crippen molar-refractivity contribution < 1.29 is 26.2 Å². The van der Waals surface area contributed by atoms with E-state index in [1.54, 1.807) is 0 Å². The molecule has 3 heterocycles. The Bertz CT molecular complexity index is 3570. The monoisotopic (exact) mass is 1100 g/mol. The van der Waals surface area contributed by atoms with Crippen LogP contribution in [0.1, 0.15) is 105 Å². The normalized spacial score (nSPS) is 12.5. The summed E-state index contributed by atoms with van der Waals surface area (Å²) in [5, 5.41) is 14.9. The Morgan fingerprint density at radius 3 is 1.74 bits per heavy atom. The fourth-order valence-corrected chi connectivity index (χ4v) is 9.79. The molecule has 0 bridgehead atoms. The van der Waals surface area contributed by atoms with Crippen molar-refractivity contribution in [3.05, 3.63) is 186 Å². The van der Waals surface area contributed by atoms with Gasteiger partial charge in [-0.3, -0.25) is 9.55 Å². The largest absolute Gasteiger partial charge is 0.507 e. The summed E-state index contributed by atoms with van der Waals surface area (Å²) in [6, 6.07) is 58.0. The molecule has 0 saturated carbocycles. The van der Waals surface area contributed by atoms with Crippen LogP contribution in [0.25, 0.3) is 89.1 Å². The number of benzene rings is 7. The van der Waals surface area contributed by atoms with Crippen molar-refractivity contribution in [1.82, 2.24) is 19.1 Å². The molecule has 0 aliphatic rings. The molecular formula is C64H63N4OPt-. The number of aromatic nitrogens is 4. The van der Waals surface area contributed by atoms with Gasteiger partial charge in [-0.15, -0.1) is 29.8 Å². The second kappa shape index (κ2) is 17.7. The van der Waals surface area contributed by atoms with Gasteiger partial charge in [-0.2, -0.15) is 0 Å². The van der Waals surface area contributed by atoms with Crippen LogP contribution in [0.3, 0.4) is 0 Å². The Labute approximate surface area is 428 Å². The van der Waals surface area contributed by atoms with E-state index in [0.29, 0.717) is 11.4 Å². The number of para-hydroxylation sites is 4. The van der Waals surface area contributed by atoms with Crippen LogP contribution < -0.4 is 0 Å². The van der Waals surface area contributed by atoms with Crippen LogP contribution >= 0.6 is 0 Å². The van der Waals surface area contributed by atoms with Gasteiger partial charge >= 0.3 is 0 Å². The number of fused-ring (bicyclic) bond motifs is 4. The molecule has 0 amide bonds. The minimum absolute atomic E-state index is 0. The van der Waals surface area contributed by atoms with E-state index in [9.17, 15) is 5.11 Å². The van der Waals surface area contributed by atoms with Gasteiger partial charge in [0.2, 0.25) is 0 Å². The van der Waals surface area contributed by atoms with E-state index in [1.165, 1.54) is 27.4 Å². The number of phenolic OH excluding ortho intramolecular Hbond substituents is 1. The van der Waals surface area contributed by atoms with E-state index < -0.39 is 0 Å². The molecule has 1 N–H and O–H groups in total. The van der Waals surface area contributed by atoms with Gasteiger partial charge in [-0.05, 0) is 92.4 Å². The van der Waals surface area contributed by atoms with Crippen LogP contribution in [0, 0.1) is 6.07 Å². The van der Waals surface area contributed by atoms with Gasteiger partial charge in [0.25, 0.3) is 0 Å². The Morgan fingerprint density at radius 1 is 0.471 bits per heavy atom. The molecule has 10 rings (SSSR count). The average molecular weight is 1100 g/mol. The van der Waals surface area contributed by atoms with Crippen LogP contribution in [0.2, 0.25) is 0 Å². The number of pyridine rings is 1. The Hall–Kier alpha value is -6.55. The molecule has 0 fully saturated rings. The third-order valence-electron chi connectivity index (χ3n) is 13.8. The number of hydrogen-bond donors (Lipinski definition) is 1. The molecule has 10 aromatic rings. The molecule has 7 aromatic carbocycles. The fraction of sp³-hybridized carbons (Fsp3) is 0.250. The fourth-order valence-electron chi connectivity index (χ4n) is 9.79. The number of aromatic hydroxyl groups is 1. The van der Waals surface area contributed by atoms with Crippen molar-refractivity contribution >= 4 is 32.8 Å². The first kappa shape index (κ1) is 48.5. The summed E-state index contributed by atoms with van der Waals surface area (Å²) >= 11 is 0. The minimum Gasteiger partial charge on any atom is -0.507 e. The topological polar surface area (TPSA) is 55.9 Å². The number of phenols is 1. The van der Waals surface area contributed by atoms with Crippen molar-refractivity contribution in [2.24, 2.45) is 0 Å². The third-order valence-corrected chi connectivity index (χ3v) is 13.8. The summed E-state index contributed by atoms with van der Waals surface area (Å²) in [6.45, 7) is 26.8. The molecule has 0 saturated heterocycles. The molecule has 70 heavy (non-hydrogen) atoms. The van der Waals surface area contributed by atoms with E-state index >= 15 is 0 Å². The van der Waals surface area contributed by atoms with Crippen molar-refractivity contribution in [1.29, 1.82) is 0 Å². The summed E-state index contributed by atoms with van der Waals surface area (Å²) in [5.74, 6) is 0.959. The molecule has 0 aliphatic heterocycles. The van der Waals surface area contributed by atoms with Crippen LogP contribution in [0.4, 0.5) is 0 Å². The Kier molecular flexibility index (Phi) is 12.3. The first-order valence-corrected chi connectivity index (χ1v) is 24.3. The molecule has 3 aromatic heterocycles. The van der Waals surface area contributed by atoms with Gasteiger partial charge in [-0.25, -0.2) is 4.98 Å². The van der Waals surface area contributed by atoms with E-state index in [4.69, 9.17) is 9.97 Å². The summed E-state index contributed by atoms with van der Waals surface area (Å²) in [7, 11) is 0. The first-order valence-electron chi connectivity index (χ1n) is 24.3. The van der Waals surface area contributed by atoms with E-state index in [-0.39, 0.29) is 48.5 Å². The van der Waals surface area contributed by atoms with Crippen LogP contribution in [-0.4, -0.2) is 24.2 Å². The zero-order valence-corrected chi connectivity index (χ0v) is 44.8. The van der Waals surface area contributed by atoms with Crippen LogP contribution in [0.15, 0.2) is 158 Å². The molecule has 0 spiro atoms. The smallest absolute Gasteiger partial charge is 0.148 e. The average Bonchev–Trinajstić information content (AvgIpc) is 3.87. The van der Waals surface area contributed by atoms with Gasteiger partial charge < -0.3 is 9.67 Å². The Morgan fingerprint density at radius 2 is 1.06 bits per heavy atom. The van der Waals surface area contributed by atoms with Gasteiger partial charge in [0, 0.05) is 66.2 Å². The summed E-state index contributed by atoms with van der Waals surface area (Å²) < 4.78 is 4.66. The van der Waals surface area contributed by atoms with Crippen LogP contribution in [0.5, 0.6) is 5.75 Å². The third kappa shape index (κ3) is 8.72. The van der Waals surface area contributed by atoms with E-state index in [1.807, 2.05) is 6.20 Å². The molecule has 0 aliphatic carbocycles.